The molecule has 0 unspecified atom stereocenters. The lowest BCUT2D eigenvalue weighted by Crippen LogP contribution is -2.12. The van der Waals surface area contributed by atoms with Gasteiger partial charge in [0.05, 0.1) is 16.8 Å². The highest BCUT2D eigenvalue weighted by Crippen LogP contribution is 2.33. The average Bonchev–Trinajstić information content (AvgIpc) is 3.09. The number of nitrogens with zero attached hydrogens (tertiary/aromatic N) is 5. The van der Waals surface area contributed by atoms with Crippen LogP contribution in [0.3, 0.4) is 0 Å². The highest BCUT2D eigenvalue weighted by molar-refractivity contribution is 7.91. The van der Waals surface area contributed by atoms with Gasteiger partial charge in [-0.2, -0.15) is 13.2 Å². The summed E-state index contributed by atoms with van der Waals surface area (Å²) in [6.07, 6.45) is -2.36. The smallest absolute Gasteiger partial charge is 0.308 e. The fourth-order valence-electron chi connectivity index (χ4n) is 3.23. The molecule has 0 atom stereocenters. The summed E-state index contributed by atoms with van der Waals surface area (Å²) >= 11 is 5.90. The predicted molar refractivity (Wildman–Crippen MR) is 113 cm³/mol. The Bertz CT molecular complexity index is 1480. The van der Waals surface area contributed by atoms with E-state index in [4.69, 9.17) is 11.6 Å². The van der Waals surface area contributed by atoms with Crippen LogP contribution in [-0.4, -0.2) is 38.7 Å². The van der Waals surface area contributed by atoms with Crippen molar-refractivity contribution in [1.29, 1.82) is 0 Å². The Morgan fingerprint density at radius 1 is 1.03 bits per heavy atom. The maximum atomic E-state index is 13.8. The second-order valence-electron chi connectivity index (χ2n) is 7.03. The molecule has 13 heteroatoms. The maximum Gasteiger partial charge on any atom is 0.449 e. The van der Waals surface area contributed by atoms with Gasteiger partial charge in [-0.05, 0) is 29.8 Å². The largest absolute Gasteiger partial charge is 0.449 e. The first-order valence-electron chi connectivity index (χ1n) is 9.37. The third-order valence-corrected chi connectivity index (χ3v) is 6.80. The zero-order valence-electron chi connectivity index (χ0n) is 17.0. The zero-order valence-corrected chi connectivity index (χ0v) is 18.6. The summed E-state index contributed by atoms with van der Waals surface area (Å²) in [6.45, 7) is 1.42. The molecule has 0 aliphatic carbocycles. The van der Waals surface area contributed by atoms with Crippen LogP contribution < -0.4 is 0 Å². The van der Waals surface area contributed by atoms with E-state index in [1.54, 1.807) is 0 Å². The fourth-order valence-corrected chi connectivity index (χ4v) is 4.51. The maximum absolute atomic E-state index is 13.8. The van der Waals surface area contributed by atoms with Crippen molar-refractivity contribution in [3.05, 3.63) is 53.3 Å². The van der Waals surface area contributed by atoms with Gasteiger partial charge in [-0.3, -0.25) is 4.98 Å². The van der Waals surface area contributed by atoms with Crippen LogP contribution in [0.2, 0.25) is 5.02 Å². The minimum atomic E-state index is -4.71. The third kappa shape index (κ3) is 4.27. The van der Waals surface area contributed by atoms with Crippen LogP contribution in [0.1, 0.15) is 12.7 Å². The molecular formula is C20H14ClF4N5O2S. The van der Waals surface area contributed by atoms with Crippen LogP contribution in [0.5, 0.6) is 0 Å². The van der Waals surface area contributed by atoms with Gasteiger partial charge >= 0.3 is 6.18 Å². The van der Waals surface area contributed by atoms with E-state index in [0.29, 0.717) is 5.56 Å². The second-order valence-corrected chi connectivity index (χ2v) is 9.71. The molecule has 0 saturated carbocycles. The number of rotatable bonds is 4. The molecule has 7 nitrogen and oxygen atoms in total. The van der Waals surface area contributed by atoms with Gasteiger partial charge in [-0.15, -0.1) is 0 Å². The monoisotopic (exact) mass is 499 g/mol. The Hall–Kier alpha value is -3.12. The molecule has 0 aliphatic rings. The number of imidazole rings is 1. The Morgan fingerprint density at radius 3 is 2.39 bits per heavy atom. The summed E-state index contributed by atoms with van der Waals surface area (Å²) in [5.74, 6) is -2.28. The second kappa shape index (κ2) is 8.03. The number of benzene rings is 1. The van der Waals surface area contributed by atoms with Crippen LogP contribution >= 0.6 is 11.6 Å². The molecule has 0 fully saturated rings. The predicted octanol–water partition coefficient (Wildman–Crippen LogP) is 4.70. The van der Waals surface area contributed by atoms with E-state index in [9.17, 15) is 26.0 Å². The number of aromatic nitrogens is 5. The van der Waals surface area contributed by atoms with Crippen molar-refractivity contribution in [3.8, 4) is 22.6 Å². The van der Waals surface area contributed by atoms with Crippen molar-refractivity contribution in [2.24, 2.45) is 7.05 Å². The zero-order chi connectivity index (χ0) is 24.1. The van der Waals surface area contributed by atoms with Gasteiger partial charge in [0.25, 0.3) is 0 Å². The Kier molecular flexibility index (Phi) is 5.61. The van der Waals surface area contributed by atoms with E-state index in [1.165, 1.54) is 31.3 Å². The standard InChI is InChI=1S/C20H14ClF4N5O2S/c1-3-33(31,32)15-6-11(10-4-12(21)7-13(22)5-10)8-26-16(15)17-27-9-14-18(29-17)30(2)19(28-14)20(23,24)25/h4-9H,3H2,1-2H3. The molecular weight excluding hydrogens is 486 g/mol. The lowest BCUT2D eigenvalue weighted by atomic mass is 10.1. The van der Waals surface area contributed by atoms with Crippen molar-refractivity contribution in [1.82, 2.24) is 24.5 Å². The van der Waals surface area contributed by atoms with Gasteiger partial charge in [0.15, 0.2) is 21.3 Å². The lowest BCUT2D eigenvalue weighted by molar-refractivity contribution is -0.146. The first kappa shape index (κ1) is 23.1. The van der Waals surface area contributed by atoms with Crippen molar-refractivity contribution in [3.63, 3.8) is 0 Å². The molecule has 33 heavy (non-hydrogen) atoms. The fraction of sp³-hybridized carbons (Fsp3) is 0.200. The van der Waals surface area contributed by atoms with E-state index < -0.39 is 27.7 Å². The molecule has 4 aromatic rings. The first-order valence-corrected chi connectivity index (χ1v) is 11.4. The van der Waals surface area contributed by atoms with Gasteiger partial charge in [-0.25, -0.2) is 27.8 Å². The molecule has 0 amide bonds. The Labute approximate surface area is 190 Å². The van der Waals surface area contributed by atoms with E-state index in [0.717, 1.165) is 23.9 Å². The quantitative estimate of drug-likeness (QED) is 0.378. The molecule has 0 spiro atoms. The van der Waals surface area contributed by atoms with Gasteiger partial charge in [0, 0.05) is 23.8 Å². The molecule has 172 valence electrons. The highest BCUT2D eigenvalue weighted by atomic mass is 35.5. The third-order valence-electron chi connectivity index (χ3n) is 4.84. The number of alkyl halides is 3. The van der Waals surface area contributed by atoms with Gasteiger partial charge < -0.3 is 4.57 Å². The van der Waals surface area contributed by atoms with Gasteiger partial charge in [-0.1, -0.05) is 18.5 Å². The van der Waals surface area contributed by atoms with Crippen molar-refractivity contribution in [2.75, 3.05) is 5.75 Å². The molecule has 3 aromatic heterocycles. The van der Waals surface area contributed by atoms with E-state index in [-0.39, 0.29) is 43.9 Å². The minimum Gasteiger partial charge on any atom is -0.308 e. The topological polar surface area (TPSA) is 90.6 Å². The van der Waals surface area contributed by atoms with Crippen molar-refractivity contribution in [2.45, 2.75) is 18.0 Å². The van der Waals surface area contributed by atoms with E-state index in [1.807, 2.05) is 0 Å². The number of aryl methyl sites for hydroxylation is 1. The Balaban J connectivity index is 1.93. The number of fused-ring (bicyclic) bond motifs is 1. The Morgan fingerprint density at radius 2 is 1.76 bits per heavy atom. The van der Waals surface area contributed by atoms with E-state index >= 15 is 0 Å². The van der Waals surface area contributed by atoms with Crippen LogP contribution in [0.25, 0.3) is 33.8 Å². The molecule has 0 saturated heterocycles. The minimum absolute atomic E-state index is 0.111. The van der Waals surface area contributed by atoms with Crippen molar-refractivity contribution < 1.29 is 26.0 Å². The molecule has 0 N–H and O–H groups in total. The lowest BCUT2D eigenvalue weighted by Gasteiger charge is -2.11. The average molecular weight is 500 g/mol. The summed E-state index contributed by atoms with van der Waals surface area (Å²) in [5, 5.41) is 0.111. The van der Waals surface area contributed by atoms with Crippen molar-refractivity contribution >= 4 is 32.6 Å². The summed E-state index contributed by atoms with van der Waals surface area (Å²) in [7, 11) is -2.74. The normalized spacial score (nSPS) is 12.5. The van der Waals surface area contributed by atoms with E-state index in [2.05, 4.69) is 19.9 Å². The summed E-state index contributed by atoms with van der Waals surface area (Å²) in [5.41, 5.74) is 0.159. The number of hydrogen-bond acceptors (Lipinski definition) is 6. The molecule has 0 radical (unpaired) electrons. The van der Waals surface area contributed by atoms with Crippen LogP contribution in [0.15, 0.2) is 41.6 Å². The number of hydrogen-bond donors (Lipinski definition) is 0. The van der Waals surface area contributed by atoms with Gasteiger partial charge in [0.1, 0.15) is 17.0 Å². The van der Waals surface area contributed by atoms with Crippen LogP contribution in [-0.2, 0) is 23.1 Å². The first-order chi connectivity index (χ1) is 15.4. The molecule has 0 bridgehead atoms. The summed E-state index contributed by atoms with van der Waals surface area (Å²) in [6, 6.07) is 5.00. The van der Waals surface area contributed by atoms with Crippen LogP contribution in [0, 0.1) is 5.82 Å². The molecule has 4 rings (SSSR count). The number of sulfone groups is 1. The molecule has 3 heterocycles. The van der Waals surface area contributed by atoms with Gasteiger partial charge in [0.2, 0.25) is 5.82 Å². The molecule has 0 aliphatic heterocycles. The summed E-state index contributed by atoms with van der Waals surface area (Å²) < 4.78 is 79.7. The number of halogens is 5. The highest BCUT2D eigenvalue weighted by Gasteiger charge is 2.37. The molecule has 1 aromatic carbocycles. The summed E-state index contributed by atoms with van der Waals surface area (Å²) in [4.78, 5) is 15.5. The number of pyridine rings is 1. The SMILES string of the molecule is CCS(=O)(=O)c1cc(-c2cc(F)cc(Cl)c2)cnc1-c1ncc2nc(C(F)(F)F)n(C)c2n1. The van der Waals surface area contributed by atoms with Crippen LogP contribution in [0.4, 0.5) is 17.6 Å².